The standard InChI is InChI=1S/C23H28BrClN2/c1-6-9-27-22-10-15(2)17(11-19(22)16(3)13-23(27,4)5)14-26-18-7-8-20(24)21(25)12-18/h7-8,10-12,14,16H,6,9,13H2,1-5H3. The number of fused-ring (bicyclic) bond motifs is 1. The first-order valence-electron chi connectivity index (χ1n) is 9.64. The molecule has 2 nitrogen and oxygen atoms in total. The van der Waals surface area contributed by atoms with E-state index in [1.807, 2.05) is 24.4 Å². The van der Waals surface area contributed by atoms with Crippen molar-refractivity contribution in [3.8, 4) is 0 Å². The van der Waals surface area contributed by atoms with Crippen LogP contribution < -0.4 is 4.90 Å². The van der Waals surface area contributed by atoms with Crippen LogP contribution in [0.25, 0.3) is 0 Å². The van der Waals surface area contributed by atoms with Crippen molar-refractivity contribution in [2.75, 3.05) is 11.4 Å². The van der Waals surface area contributed by atoms with Crippen LogP contribution in [0.3, 0.4) is 0 Å². The summed E-state index contributed by atoms with van der Waals surface area (Å²) in [7, 11) is 0. The summed E-state index contributed by atoms with van der Waals surface area (Å²) in [6.07, 6.45) is 4.29. The number of aliphatic imine (C=N–C) groups is 1. The van der Waals surface area contributed by atoms with E-state index in [2.05, 4.69) is 72.6 Å². The first kappa shape index (κ1) is 20.4. The number of benzene rings is 2. The average molecular weight is 448 g/mol. The number of aryl methyl sites for hydroxylation is 1. The Hall–Kier alpha value is -1.32. The number of halogens is 2. The van der Waals surface area contributed by atoms with Gasteiger partial charge in [0.25, 0.3) is 0 Å². The lowest BCUT2D eigenvalue weighted by atomic mass is 9.79. The van der Waals surface area contributed by atoms with Crippen LogP contribution in [0.15, 0.2) is 39.8 Å². The molecule has 0 fully saturated rings. The zero-order valence-corrected chi connectivity index (χ0v) is 19.2. The number of hydrogen-bond acceptors (Lipinski definition) is 2. The molecule has 0 N–H and O–H groups in total. The lowest BCUT2D eigenvalue weighted by Gasteiger charge is -2.48. The van der Waals surface area contributed by atoms with Crippen molar-refractivity contribution in [3.05, 3.63) is 56.5 Å². The maximum atomic E-state index is 6.19. The van der Waals surface area contributed by atoms with Gasteiger partial charge in [0.05, 0.1) is 10.7 Å². The van der Waals surface area contributed by atoms with Crippen LogP contribution in [0.2, 0.25) is 5.02 Å². The van der Waals surface area contributed by atoms with Crippen molar-refractivity contribution in [2.24, 2.45) is 4.99 Å². The summed E-state index contributed by atoms with van der Waals surface area (Å²) in [4.78, 5) is 7.24. The van der Waals surface area contributed by atoms with Gasteiger partial charge in [0.15, 0.2) is 0 Å². The van der Waals surface area contributed by atoms with E-state index >= 15 is 0 Å². The minimum absolute atomic E-state index is 0.193. The molecule has 0 radical (unpaired) electrons. The fraction of sp³-hybridized carbons (Fsp3) is 0.435. The smallest absolute Gasteiger partial charge is 0.0645 e. The molecule has 0 saturated heterocycles. The Balaban J connectivity index is 1.99. The first-order valence-corrected chi connectivity index (χ1v) is 10.8. The molecular weight excluding hydrogens is 420 g/mol. The largest absolute Gasteiger partial charge is 0.366 e. The van der Waals surface area contributed by atoms with Gasteiger partial charge in [-0.25, -0.2) is 0 Å². The minimum Gasteiger partial charge on any atom is -0.366 e. The molecule has 1 aliphatic rings. The van der Waals surface area contributed by atoms with E-state index in [4.69, 9.17) is 11.6 Å². The average Bonchev–Trinajstić information content (AvgIpc) is 2.59. The van der Waals surface area contributed by atoms with Gasteiger partial charge in [-0.05, 0) is 102 Å². The Morgan fingerprint density at radius 3 is 2.70 bits per heavy atom. The van der Waals surface area contributed by atoms with Crippen molar-refractivity contribution in [1.29, 1.82) is 0 Å². The summed E-state index contributed by atoms with van der Waals surface area (Å²) in [5, 5.41) is 0.679. The van der Waals surface area contributed by atoms with Gasteiger partial charge >= 0.3 is 0 Å². The van der Waals surface area contributed by atoms with E-state index in [0.29, 0.717) is 10.9 Å². The molecule has 0 aliphatic carbocycles. The van der Waals surface area contributed by atoms with Gasteiger partial charge in [0, 0.05) is 28.5 Å². The highest BCUT2D eigenvalue weighted by molar-refractivity contribution is 9.10. The van der Waals surface area contributed by atoms with E-state index in [1.54, 1.807) is 0 Å². The molecule has 1 atom stereocenters. The van der Waals surface area contributed by atoms with Crippen molar-refractivity contribution in [2.45, 2.75) is 58.9 Å². The van der Waals surface area contributed by atoms with Crippen molar-refractivity contribution in [1.82, 2.24) is 0 Å². The normalized spacial score (nSPS) is 18.8. The van der Waals surface area contributed by atoms with Gasteiger partial charge in [-0.15, -0.1) is 0 Å². The molecule has 2 aromatic carbocycles. The second kappa shape index (κ2) is 7.97. The highest BCUT2D eigenvalue weighted by atomic mass is 79.9. The molecule has 1 aliphatic heterocycles. The molecule has 27 heavy (non-hydrogen) atoms. The SMILES string of the molecule is CCCN1c2cc(C)c(C=Nc3ccc(Br)c(Cl)c3)cc2C(C)CC1(C)C. The molecule has 0 amide bonds. The number of nitrogens with zero attached hydrogens (tertiary/aromatic N) is 2. The number of hydrogen-bond donors (Lipinski definition) is 0. The molecule has 0 saturated carbocycles. The van der Waals surface area contributed by atoms with Gasteiger partial charge in [0.2, 0.25) is 0 Å². The molecule has 0 bridgehead atoms. The third-order valence-electron chi connectivity index (χ3n) is 5.48. The third-order valence-corrected chi connectivity index (χ3v) is 6.71. The Morgan fingerprint density at radius 2 is 2.04 bits per heavy atom. The van der Waals surface area contributed by atoms with Crippen LogP contribution in [0, 0.1) is 6.92 Å². The van der Waals surface area contributed by atoms with Crippen LogP contribution in [-0.4, -0.2) is 18.3 Å². The molecule has 1 unspecified atom stereocenters. The lowest BCUT2D eigenvalue weighted by molar-refractivity contribution is 0.376. The van der Waals surface area contributed by atoms with Gasteiger partial charge in [-0.3, -0.25) is 4.99 Å². The van der Waals surface area contributed by atoms with Gasteiger partial charge in [-0.2, -0.15) is 0 Å². The van der Waals surface area contributed by atoms with Crippen LogP contribution in [0.4, 0.5) is 11.4 Å². The molecule has 0 spiro atoms. The Labute approximate surface area is 176 Å². The molecule has 144 valence electrons. The molecule has 0 aromatic heterocycles. The Bertz CT molecular complexity index is 873. The lowest BCUT2D eigenvalue weighted by Crippen LogP contribution is -2.48. The van der Waals surface area contributed by atoms with E-state index in [1.165, 1.54) is 28.8 Å². The molecular formula is C23H28BrClN2. The van der Waals surface area contributed by atoms with E-state index in [-0.39, 0.29) is 5.54 Å². The Morgan fingerprint density at radius 1 is 1.30 bits per heavy atom. The maximum Gasteiger partial charge on any atom is 0.0645 e. The summed E-state index contributed by atoms with van der Waals surface area (Å²) < 4.78 is 0.889. The molecule has 4 heteroatoms. The summed E-state index contributed by atoms with van der Waals surface area (Å²) in [6.45, 7) is 12.6. The van der Waals surface area contributed by atoms with E-state index in [0.717, 1.165) is 23.1 Å². The second-order valence-corrected chi connectivity index (χ2v) is 9.46. The van der Waals surface area contributed by atoms with Gasteiger partial charge in [0.1, 0.15) is 0 Å². The van der Waals surface area contributed by atoms with Crippen LogP contribution in [0.1, 0.15) is 63.1 Å². The van der Waals surface area contributed by atoms with Crippen LogP contribution >= 0.6 is 27.5 Å². The van der Waals surface area contributed by atoms with Gasteiger partial charge < -0.3 is 4.90 Å². The quantitative estimate of drug-likeness (QED) is 0.439. The zero-order valence-electron chi connectivity index (χ0n) is 16.8. The van der Waals surface area contributed by atoms with Crippen molar-refractivity contribution >= 4 is 45.1 Å². The third kappa shape index (κ3) is 4.25. The fourth-order valence-electron chi connectivity index (χ4n) is 4.15. The number of anilines is 1. The topological polar surface area (TPSA) is 15.6 Å². The molecule has 1 heterocycles. The predicted molar refractivity (Wildman–Crippen MR) is 122 cm³/mol. The fourth-order valence-corrected chi connectivity index (χ4v) is 4.57. The molecule has 2 aromatic rings. The highest BCUT2D eigenvalue weighted by Gasteiger charge is 2.36. The maximum absolute atomic E-state index is 6.19. The zero-order chi connectivity index (χ0) is 19.8. The molecule has 3 rings (SSSR count). The Kier molecular flexibility index (Phi) is 6.02. The summed E-state index contributed by atoms with van der Waals surface area (Å²) >= 11 is 9.61. The number of rotatable bonds is 4. The minimum atomic E-state index is 0.193. The van der Waals surface area contributed by atoms with Crippen LogP contribution in [0.5, 0.6) is 0 Å². The van der Waals surface area contributed by atoms with Gasteiger partial charge in [-0.1, -0.05) is 25.4 Å². The summed E-state index contributed by atoms with van der Waals surface area (Å²) in [5.41, 5.74) is 6.31. The van der Waals surface area contributed by atoms with Crippen molar-refractivity contribution in [3.63, 3.8) is 0 Å². The monoisotopic (exact) mass is 446 g/mol. The van der Waals surface area contributed by atoms with E-state index < -0.39 is 0 Å². The van der Waals surface area contributed by atoms with Crippen molar-refractivity contribution < 1.29 is 0 Å². The van der Waals surface area contributed by atoms with Crippen LogP contribution in [-0.2, 0) is 0 Å². The predicted octanol–water partition coefficient (Wildman–Crippen LogP) is 7.66. The van der Waals surface area contributed by atoms with E-state index in [9.17, 15) is 0 Å². The first-order chi connectivity index (χ1) is 12.7. The summed E-state index contributed by atoms with van der Waals surface area (Å²) in [5.74, 6) is 0.540. The second-order valence-electron chi connectivity index (χ2n) is 8.19. The highest BCUT2D eigenvalue weighted by Crippen LogP contribution is 2.44. The summed E-state index contributed by atoms with van der Waals surface area (Å²) in [6, 6.07) is 10.5.